The van der Waals surface area contributed by atoms with Crippen LogP contribution >= 0.6 is 15.9 Å². The summed E-state index contributed by atoms with van der Waals surface area (Å²) in [5, 5.41) is 21.5. The number of hydrogen-bond acceptors (Lipinski definition) is 5. The van der Waals surface area contributed by atoms with Crippen molar-refractivity contribution in [3.05, 3.63) is 99.0 Å². The van der Waals surface area contributed by atoms with Crippen LogP contribution in [-0.4, -0.2) is 23.6 Å². The van der Waals surface area contributed by atoms with Gasteiger partial charge < -0.3 is 19.9 Å². The maximum atomic E-state index is 12.7. The van der Waals surface area contributed by atoms with Gasteiger partial charge in [-0.25, -0.2) is 4.79 Å². The zero-order valence-electron chi connectivity index (χ0n) is 19.8. The van der Waals surface area contributed by atoms with E-state index >= 15 is 0 Å². The van der Waals surface area contributed by atoms with Crippen molar-refractivity contribution in [2.45, 2.75) is 26.5 Å². The fourth-order valence-corrected chi connectivity index (χ4v) is 3.96. The predicted octanol–water partition coefficient (Wildman–Crippen LogP) is 5.91. The molecule has 0 spiro atoms. The molecule has 0 bridgehead atoms. The number of hydrogen-bond donors (Lipinski definition) is 2. The van der Waals surface area contributed by atoms with Gasteiger partial charge in [0.1, 0.15) is 18.2 Å². The summed E-state index contributed by atoms with van der Waals surface area (Å²) in [6, 6.07) is 21.0. The van der Waals surface area contributed by atoms with Crippen LogP contribution in [0.4, 0.5) is 0 Å². The molecule has 0 saturated carbocycles. The van der Waals surface area contributed by atoms with Gasteiger partial charge >= 0.3 is 5.97 Å². The first-order valence-electron chi connectivity index (χ1n) is 11.2. The molecule has 0 unspecified atom stereocenters. The van der Waals surface area contributed by atoms with Crippen LogP contribution in [0, 0.1) is 11.3 Å². The molecular weight excluding hydrogens is 524 g/mol. The highest BCUT2D eigenvalue weighted by Gasteiger charge is 2.16. The number of nitriles is 1. The second kappa shape index (κ2) is 12.6. The molecule has 0 fully saturated rings. The van der Waals surface area contributed by atoms with Crippen LogP contribution < -0.4 is 14.8 Å². The van der Waals surface area contributed by atoms with E-state index < -0.39 is 11.9 Å². The zero-order valence-corrected chi connectivity index (χ0v) is 21.4. The number of carbonyl (C=O) groups is 2. The number of ether oxygens (including phenoxy) is 2. The molecule has 0 radical (unpaired) electrons. The van der Waals surface area contributed by atoms with E-state index in [1.54, 1.807) is 24.3 Å². The molecule has 0 aromatic heterocycles. The zero-order chi connectivity index (χ0) is 26.1. The van der Waals surface area contributed by atoms with Crippen molar-refractivity contribution in [2.75, 3.05) is 6.61 Å². The molecule has 184 valence electrons. The minimum Gasteiger partial charge on any atom is -0.490 e. The number of halogens is 1. The third kappa shape index (κ3) is 6.96. The molecule has 0 aliphatic rings. The first-order chi connectivity index (χ1) is 17.3. The Morgan fingerprint density at radius 1 is 1.11 bits per heavy atom. The maximum Gasteiger partial charge on any atom is 0.335 e. The molecule has 0 heterocycles. The smallest absolute Gasteiger partial charge is 0.335 e. The Labute approximate surface area is 218 Å². The quantitative estimate of drug-likeness (QED) is 0.241. The fourth-order valence-electron chi connectivity index (χ4n) is 3.39. The molecule has 3 aromatic carbocycles. The van der Waals surface area contributed by atoms with Gasteiger partial charge in [0, 0.05) is 0 Å². The standard InChI is InChI=1S/C28H25BrN2O5/c1-3-35-25-15-20(13-23(16-30)27(32)31-18(2)21-7-5-4-6-8-21)14-24(29)26(25)36-17-19-9-11-22(12-10-19)28(33)34/h4-15,18H,3,17H2,1-2H3,(H,31,32)(H,33,34)/b23-13-/t18-/m0/s1. The predicted molar refractivity (Wildman–Crippen MR) is 140 cm³/mol. The van der Waals surface area contributed by atoms with Crippen LogP contribution in [0.5, 0.6) is 11.5 Å². The number of benzene rings is 3. The van der Waals surface area contributed by atoms with Gasteiger partial charge in [-0.3, -0.25) is 4.79 Å². The van der Waals surface area contributed by atoms with E-state index in [1.807, 2.05) is 50.2 Å². The van der Waals surface area contributed by atoms with Gasteiger partial charge in [-0.1, -0.05) is 42.5 Å². The summed E-state index contributed by atoms with van der Waals surface area (Å²) in [4.78, 5) is 23.8. The van der Waals surface area contributed by atoms with Crippen molar-refractivity contribution in [1.82, 2.24) is 5.32 Å². The van der Waals surface area contributed by atoms with Crippen molar-refractivity contribution in [3.63, 3.8) is 0 Å². The molecule has 0 aliphatic heterocycles. The molecule has 36 heavy (non-hydrogen) atoms. The van der Waals surface area contributed by atoms with Gasteiger partial charge in [0.15, 0.2) is 11.5 Å². The number of aromatic carboxylic acids is 1. The van der Waals surface area contributed by atoms with Crippen molar-refractivity contribution >= 4 is 33.9 Å². The van der Waals surface area contributed by atoms with E-state index in [1.165, 1.54) is 18.2 Å². The molecule has 1 atom stereocenters. The van der Waals surface area contributed by atoms with E-state index in [0.717, 1.165) is 11.1 Å². The van der Waals surface area contributed by atoms with Crippen molar-refractivity contribution in [1.29, 1.82) is 5.26 Å². The summed E-state index contributed by atoms with van der Waals surface area (Å²) in [6.45, 7) is 4.26. The van der Waals surface area contributed by atoms with E-state index in [0.29, 0.717) is 28.1 Å². The molecular formula is C28H25BrN2O5. The fraction of sp³-hybridized carbons (Fsp3) is 0.179. The van der Waals surface area contributed by atoms with Crippen LogP contribution in [0.15, 0.2) is 76.8 Å². The first kappa shape index (κ1) is 26.5. The molecule has 7 nitrogen and oxygen atoms in total. The lowest BCUT2D eigenvalue weighted by molar-refractivity contribution is -0.117. The number of amides is 1. The SMILES string of the molecule is CCOc1cc(/C=C(/C#N)C(=O)N[C@@H](C)c2ccccc2)cc(Br)c1OCc1ccc(C(=O)O)cc1. The molecule has 0 saturated heterocycles. The molecule has 1 amide bonds. The summed E-state index contributed by atoms with van der Waals surface area (Å²) in [6.07, 6.45) is 1.49. The summed E-state index contributed by atoms with van der Waals surface area (Å²) in [5.74, 6) is -0.576. The van der Waals surface area contributed by atoms with Gasteiger partial charge in [0.05, 0.1) is 22.7 Å². The number of rotatable bonds is 10. The molecule has 3 rings (SSSR count). The molecule has 8 heteroatoms. The van der Waals surface area contributed by atoms with Crippen LogP contribution in [-0.2, 0) is 11.4 Å². The van der Waals surface area contributed by atoms with Gasteiger partial charge in [-0.2, -0.15) is 5.26 Å². The van der Waals surface area contributed by atoms with E-state index in [2.05, 4.69) is 21.2 Å². The number of nitrogens with one attached hydrogen (secondary N) is 1. The topological polar surface area (TPSA) is 109 Å². The average Bonchev–Trinajstić information content (AvgIpc) is 2.87. The maximum absolute atomic E-state index is 12.7. The van der Waals surface area contributed by atoms with Crippen molar-refractivity contribution in [3.8, 4) is 17.6 Å². The number of carboxylic acid groups (broad SMARTS) is 1. The number of carboxylic acids is 1. The highest BCUT2D eigenvalue weighted by Crippen LogP contribution is 2.38. The lowest BCUT2D eigenvalue weighted by Gasteiger charge is -2.16. The summed E-state index contributed by atoms with van der Waals surface area (Å²) in [5.41, 5.74) is 2.46. The first-order valence-corrected chi connectivity index (χ1v) is 12.0. The lowest BCUT2D eigenvalue weighted by atomic mass is 10.1. The minimum absolute atomic E-state index is 0.0423. The van der Waals surface area contributed by atoms with Crippen LogP contribution in [0.2, 0.25) is 0 Å². The second-order valence-electron chi connectivity index (χ2n) is 7.83. The Morgan fingerprint density at radius 3 is 2.42 bits per heavy atom. The normalized spacial score (nSPS) is 11.8. The Hall–Kier alpha value is -4.09. The second-order valence-corrected chi connectivity index (χ2v) is 8.68. The molecule has 3 aromatic rings. The van der Waals surface area contributed by atoms with Gasteiger partial charge in [-0.05, 0) is 76.8 Å². The highest BCUT2D eigenvalue weighted by molar-refractivity contribution is 9.10. The summed E-state index contributed by atoms with van der Waals surface area (Å²) < 4.78 is 12.3. The molecule has 2 N–H and O–H groups in total. The highest BCUT2D eigenvalue weighted by atomic mass is 79.9. The third-order valence-electron chi connectivity index (χ3n) is 5.24. The van der Waals surface area contributed by atoms with Crippen LogP contribution in [0.25, 0.3) is 6.08 Å². The minimum atomic E-state index is -0.993. The van der Waals surface area contributed by atoms with Gasteiger partial charge in [-0.15, -0.1) is 0 Å². The largest absolute Gasteiger partial charge is 0.490 e. The Kier molecular flexibility index (Phi) is 9.25. The van der Waals surface area contributed by atoms with Crippen molar-refractivity contribution in [2.24, 2.45) is 0 Å². The van der Waals surface area contributed by atoms with Crippen LogP contribution in [0.3, 0.4) is 0 Å². The Balaban J connectivity index is 1.80. The van der Waals surface area contributed by atoms with Crippen molar-refractivity contribution < 1.29 is 24.2 Å². The lowest BCUT2D eigenvalue weighted by Crippen LogP contribution is -2.27. The monoisotopic (exact) mass is 548 g/mol. The number of carbonyl (C=O) groups excluding carboxylic acids is 1. The summed E-state index contributed by atoms with van der Waals surface area (Å²) >= 11 is 3.50. The van der Waals surface area contributed by atoms with E-state index in [4.69, 9.17) is 14.6 Å². The Morgan fingerprint density at radius 2 is 1.81 bits per heavy atom. The average molecular weight is 549 g/mol. The number of nitrogens with zero attached hydrogens (tertiary/aromatic N) is 1. The van der Waals surface area contributed by atoms with E-state index in [9.17, 15) is 14.9 Å². The third-order valence-corrected chi connectivity index (χ3v) is 5.83. The van der Waals surface area contributed by atoms with E-state index in [-0.39, 0.29) is 23.8 Å². The summed E-state index contributed by atoms with van der Waals surface area (Å²) in [7, 11) is 0. The Bertz CT molecular complexity index is 1300. The molecule has 0 aliphatic carbocycles. The van der Waals surface area contributed by atoms with Gasteiger partial charge in [0.25, 0.3) is 5.91 Å². The van der Waals surface area contributed by atoms with Crippen LogP contribution in [0.1, 0.15) is 46.9 Å². The van der Waals surface area contributed by atoms with Gasteiger partial charge in [0.2, 0.25) is 0 Å².